The lowest BCUT2D eigenvalue weighted by molar-refractivity contribution is -0.129. The van der Waals surface area contributed by atoms with Crippen molar-refractivity contribution in [3.63, 3.8) is 0 Å². The van der Waals surface area contributed by atoms with Gasteiger partial charge in [-0.3, -0.25) is 0 Å². The van der Waals surface area contributed by atoms with Crippen LogP contribution >= 0.6 is 0 Å². The van der Waals surface area contributed by atoms with E-state index in [-0.39, 0.29) is 70.0 Å². The summed E-state index contributed by atoms with van der Waals surface area (Å²) in [4.78, 5) is 76.3. The molecule has 16 nitrogen and oxygen atoms in total. The summed E-state index contributed by atoms with van der Waals surface area (Å²) in [7, 11) is 2.72. The Kier molecular flexibility index (Phi) is 13.5. The fraction of sp³-hybridized carbons (Fsp3) is 0.261. The van der Waals surface area contributed by atoms with Gasteiger partial charge in [-0.05, 0) is 105 Å². The van der Waals surface area contributed by atoms with Crippen LogP contribution in [0.15, 0.2) is 86.0 Å². The highest BCUT2D eigenvalue weighted by Crippen LogP contribution is 2.35. The molecule has 0 aliphatic carbocycles. The number of hydrogen-bond acceptors (Lipinski definition) is 16. The minimum absolute atomic E-state index is 0.00963. The topological polar surface area (TPSA) is 195 Å². The number of aryl methyl sites for hydroxylation is 4. The number of esters is 6. The first-order valence-electron chi connectivity index (χ1n) is 19.0. The third-order valence-electron chi connectivity index (χ3n) is 9.92. The molecule has 4 aromatic carbocycles. The van der Waals surface area contributed by atoms with Crippen molar-refractivity contribution in [2.75, 3.05) is 27.4 Å². The molecule has 2 aliphatic heterocycles. The third kappa shape index (κ3) is 9.67. The molecule has 2 aliphatic rings. The van der Waals surface area contributed by atoms with Crippen molar-refractivity contribution in [1.82, 2.24) is 0 Å². The molecule has 0 aromatic heterocycles. The molecule has 2 saturated heterocycles. The van der Waals surface area contributed by atoms with Crippen molar-refractivity contribution >= 4 is 35.8 Å². The summed E-state index contributed by atoms with van der Waals surface area (Å²) in [6.45, 7) is 13.3. The highest BCUT2D eigenvalue weighted by Gasteiger charge is 2.51. The molecule has 0 saturated carbocycles. The lowest BCUT2D eigenvalue weighted by Crippen LogP contribution is -2.36. The minimum Gasteiger partial charge on any atom is -0.496 e. The Balaban J connectivity index is 1.03. The van der Waals surface area contributed by atoms with E-state index in [0.717, 1.165) is 12.2 Å². The molecule has 0 amide bonds. The van der Waals surface area contributed by atoms with E-state index in [4.69, 9.17) is 47.4 Å². The Morgan fingerprint density at radius 3 is 1.69 bits per heavy atom. The Morgan fingerprint density at radius 2 is 1.10 bits per heavy atom. The van der Waals surface area contributed by atoms with Gasteiger partial charge < -0.3 is 47.4 Å². The van der Waals surface area contributed by atoms with Crippen LogP contribution in [0.25, 0.3) is 0 Å². The molecule has 0 spiro atoms. The van der Waals surface area contributed by atoms with Gasteiger partial charge in [0.1, 0.15) is 40.8 Å². The maximum atomic E-state index is 13.3. The molecular formula is C46H42O16. The summed E-state index contributed by atoms with van der Waals surface area (Å²) in [5.74, 6) is -3.26. The van der Waals surface area contributed by atoms with Crippen LogP contribution in [0, 0.1) is 27.7 Å². The molecule has 0 bridgehead atoms. The SMILES string of the molecule is C=CC(=O)Oc1cc(OC)c(C(=O)Oc2ccc(C(=O)O[C@@H]3CO[C@H]4[C@@H]3OC[C@H]4OC(=O)c3ccc(OC(=O)c4cc(OC)c(OC(=O)C=C)cc4C)c(C)c3)c(C)c2)cc1C. The van der Waals surface area contributed by atoms with E-state index in [1.54, 1.807) is 27.7 Å². The number of rotatable bonds is 14. The van der Waals surface area contributed by atoms with E-state index in [2.05, 4.69) is 13.2 Å². The molecule has 4 aromatic rings. The van der Waals surface area contributed by atoms with Crippen molar-refractivity contribution in [2.24, 2.45) is 0 Å². The lowest BCUT2D eigenvalue weighted by Gasteiger charge is -2.18. The zero-order valence-corrected chi connectivity index (χ0v) is 34.6. The minimum atomic E-state index is -0.810. The largest absolute Gasteiger partial charge is 0.496 e. The highest BCUT2D eigenvalue weighted by molar-refractivity contribution is 5.96. The number of carbonyl (C=O) groups excluding carboxylic acids is 6. The van der Waals surface area contributed by atoms with Crippen LogP contribution in [0.2, 0.25) is 0 Å². The van der Waals surface area contributed by atoms with Crippen molar-refractivity contribution in [3.8, 4) is 34.5 Å². The zero-order valence-electron chi connectivity index (χ0n) is 34.6. The zero-order chi connectivity index (χ0) is 44.8. The third-order valence-corrected chi connectivity index (χ3v) is 9.92. The van der Waals surface area contributed by atoms with E-state index < -0.39 is 60.2 Å². The van der Waals surface area contributed by atoms with Gasteiger partial charge in [-0.1, -0.05) is 13.2 Å². The highest BCUT2D eigenvalue weighted by atomic mass is 16.7. The molecule has 2 heterocycles. The maximum Gasteiger partial charge on any atom is 0.347 e. The summed E-state index contributed by atoms with van der Waals surface area (Å²) in [6.07, 6.45) is -1.03. The van der Waals surface area contributed by atoms with Crippen LogP contribution < -0.4 is 28.4 Å². The van der Waals surface area contributed by atoms with Crippen LogP contribution in [0.3, 0.4) is 0 Å². The molecule has 0 unspecified atom stereocenters. The monoisotopic (exact) mass is 850 g/mol. The molecule has 2 fully saturated rings. The van der Waals surface area contributed by atoms with Crippen LogP contribution in [-0.2, 0) is 28.5 Å². The smallest absolute Gasteiger partial charge is 0.347 e. The van der Waals surface area contributed by atoms with Crippen molar-refractivity contribution in [1.29, 1.82) is 0 Å². The second-order valence-corrected chi connectivity index (χ2v) is 14.1. The van der Waals surface area contributed by atoms with Gasteiger partial charge in [0.25, 0.3) is 0 Å². The molecule has 322 valence electrons. The quantitative estimate of drug-likeness (QED) is 0.0801. The van der Waals surface area contributed by atoms with Gasteiger partial charge in [0.2, 0.25) is 0 Å². The summed E-state index contributed by atoms with van der Waals surface area (Å²) in [6, 6.07) is 14.6. The van der Waals surface area contributed by atoms with Crippen molar-refractivity contribution in [3.05, 3.63) is 130 Å². The standard InChI is InChI=1S/C46H42O16/c1-9-39(47)58-33-20-34(53-7)31(17-26(33)6)46(52)57-28-12-13-29(23(3)16-28)44(50)62-38-22-56-41-37(21-55-42(38)41)61-43(49)27-11-14-32(25(5)15-27)60-45(51)30-19-35(54-8)36(18-24(30)4)59-40(48)10-2/h9-20,37-38,41-42H,1-2,21-22H2,3-8H3/t37-,38-,41-,42-/m1/s1. The fourth-order valence-electron chi connectivity index (χ4n) is 6.70. The van der Waals surface area contributed by atoms with E-state index >= 15 is 0 Å². The predicted molar refractivity (Wildman–Crippen MR) is 217 cm³/mol. The summed E-state index contributed by atoms with van der Waals surface area (Å²) in [5, 5.41) is 0. The molecule has 0 radical (unpaired) electrons. The normalized spacial score (nSPS) is 17.5. The van der Waals surface area contributed by atoms with Crippen molar-refractivity contribution in [2.45, 2.75) is 52.1 Å². The Hall–Kier alpha value is -7.30. The Morgan fingerprint density at radius 1 is 0.516 bits per heavy atom. The van der Waals surface area contributed by atoms with Gasteiger partial charge in [0.15, 0.2) is 23.7 Å². The lowest BCUT2D eigenvalue weighted by atomic mass is 10.1. The first-order chi connectivity index (χ1) is 29.6. The number of ether oxygens (including phenoxy) is 10. The first-order valence-corrected chi connectivity index (χ1v) is 19.0. The molecule has 0 N–H and O–H groups in total. The number of carbonyl (C=O) groups is 6. The number of hydrogen-bond donors (Lipinski definition) is 0. The van der Waals surface area contributed by atoms with Gasteiger partial charge in [-0.25, -0.2) is 28.8 Å². The molecular weight excluding hydrogens is 808 g/mol. The number of fused-ring (bicyclic) bond motifs is 1. The van der Waals surface area contributed by atoms with Gasteiger partial charge in [-0.2, -0.15) is 0 Å². The number of methoxy groups -OCH3 is 2. The average molecular weight is 851 g/mol. The van der Waals surface area contributed by atoms with Crippen LogP contribution in [0.4, 0.5) is 0 Å². The van der Waals surface area contributed by atoms with E-state index in [1.807, 2.05) is 0 Å². The van der Waals surface area contributed by atoms with Gasteiger partial charge in [0.05, 0.1) is 44.1 Å². The van der Waals surface area contributed by atoms with Crippen molar-refractivity contribution < 1.29 is 76.1 Å². The van der Waals surface area contributed by atoms with E-state index in [9.17, 15) is 28.8 Å². The second kappa shape index (κ2) is 19.0. The summed E-state index contributed by atoms with van der Waals surface area (Å²) < 4.78 is 55.5. The van der Waals surface area contributed by atoms with Crippen LogP contribution in [0.5, 0.6) is 34.5 Å². The molecule has 6 rings (SSSR count). The van der Waals surface area contributed by atoms with Gasteiger partial charge in [-0.15, -0.1) is 0 Å². The van der Waals surface area contributed by atoms with E-state index in [1.165, 1.54) is 74.9 Å². The van der Waals surface area contributed by atoms with Gasteiger partial charge in [0, 0.05) is 18.2 Å². The van der Waals surface area contributed by atoms with Crippen LogP contribution in [-0.4, -0.2) is 87.7 Å². The van der Waals surface area contributed by atoms with Gasteiger partial charge >= 0.3 is 35.8 Å². The average Bonchev–Trinajstić information content (AvgIpc) is 3.84. The molecule has 62 heavy (non-hydrogen) atoms. The Labute approximate surface area is 355 Å². The van der Waals surface area contributed by atoms with E-state index in [0.29, 0.717) is 22.3 Å². The first kappa shape index (κ1) is 44.3. The fourth-order valence-corrected chi connectivity index (χ4v) is 6.70. The summed E-state index contributed by atoms with van der Waals surface area (Å²) in [5.41, 5.74) is 2.51. The predicted octanol–water partition coefficient (Wildman–Crippen LogP) is 6.11. The molecule has 4 atom stereocenters. The summed E-state index contributed by atoms with van der Waals surface area (Å²) >= 11 is 0. The molecule has 16 heteroatoms. The Bertz CT molecular complexity index is 2480. The van der Waals surface area contributed by atoms with Crippen LogP contribution in [0.1, 0.15) is 63.7 Å². The maximum absolute atomic E-state index is 13.3. The number of benzene rings is 4. The second-order valence-electron chi connectivity index (χ2n) is 14.1.